The van der Waals surface area contributed by atoms with E-state index in [2.05, 4.69) is 111 Å². The Labute approximate surface area is 238 Å². The van der Waals surface area contributed by atoms with Crippen molar-refractivity contribution in [3.8, 4) is 11.1 Å². The molecule has 3 unspecified atom stereocenters. The molecule has 5 rings (SSSR count). The maximum Gasteiger partial charge on any atom is -0.147 e. The van der Waals surface area contributed by atoms with Crippen LogP contribution in [-0.4, -0.2) is 7.37 Å². The molecule has 192 valence electrons. The van der Waals surface area contributed by atoms with Crippen LogP contribution < -0.4 is 0 Å². The topological polar surface area (TPSA) is 0 Å². The Kier molecular flexibility index (Phi) is 10.8. The Morgan fingerprint density at radius 1 is 0.694 bits per heavy atom. The van der Waals surface area contributed by atoms with E-state index in [0.717, 1.165) is 0 Å². The third-order valence-corrected chi connectivity index (χ3v) is 25.7. The van der Waals surface area contributed by atoms with E-state index in [-0.39, 0.29) is 24.8 Å². The van der Waals surface area contributed by atoms with Gasteiger partial charge in [0.2, 0.25) is 0 Å². The molecule has 0 bridgehead atoms. The Balaban J connectivity index is 0.00000111. The first-order valence-corrected chi connectivity index (χ1v) is 26.6. The molecule has 0 spiro atoms. The first kappa shape index (κ1) is 31.0. The minimum Gasteiger partial charge on any atom is -0.147 e. The molecular weight excluding hydrogens is 575 g/mol. The molecule has 0 saturated carbocycles. The van der Waals surface area contributed by atoms with E-state index in [1.165, 1.54) is 29.6 Å². The molecule has 3 aromatic rings. The second-order valence-corrected chi connectivity index (χ2v) is 35.2. The minimum atomic E-state index is -2.60. The van der Waals surface area contributed by atoms with Gasteiger partial charge in [0.05, 0.1) is 0 Å². The zero-order valence-corrected chi connectivity index (χ0v) is 29.1. The number of hydrogen-bond donors (Lipinski definition) is 0. The summed E-state index contributed by atoms with van der Waals surface area (Å²) in [6.07, 6.45) is 5.06. The van der Waals surface area contributed by atoms with Crippen LogP contribution >= 0.6 is 24.8 Å². The van der Waals surface area contributed by atoms with Gasteiger partial charge in [-0.1, -0.05) is 13.8 Å². The minimum absolute atomic E-state index is 0. The summed E-state index contributed by atoms with van der Waals surface area (Å²) in [4.78, 5) is 0. The summed E-state index contributed by atoms with van der Waals surface area (Å²) < 4.78 is 4.13. The second-order valence-electron chi connectivity index (χ2n) is 10.6. The van der Waals surface area contributed by atoms with Crippen LogP contribution in [0.15, 0.2) is 77.9 Å². The summed E-state index contributed by atoms with van der Waals surface area (Å²) in [5.74, 6) is 0.575. The number of allylic oxidation sites excluding steroid dienone is 2. The van der Waals surface area contributed by atoms with E-state index in [1.807, 2.05) is 13.8 Å². The Morgan fingerprint density at radius 3 is 1.75 bits per heavy atom. The van der Waals surface area contributed by atoms with Gasteiger partial charge in [-0.3, -0.25) is 0 Å². The van der Waals surface area contributed by atoms with Gasteiger partial charge in [0, 0.05) is 0 Å². The maximum atomic E-state index is 2.76. The average molecular weight is 617 g/mol. The van der Waals surface area contributed by atoms with Crippen molar-refractivity contribution in [2.45, 2.75) is 59.3 Å². The van der Waals surface area contributed by atoms with E-state index < -0.39 is 19.4 Å². The third kappa shape index (κ3) is 5.35. The molecule has 0 fully saturated rings. The predicted molar refractivity (Wildman–Crippen MR) is 167 cm³/mol. The number of fused-ring (bicyclic) bond motifs is 2. The van der Waals surface area contributed by atoms with Crippen LogP contribution in [0.3, 0.4) is 0 Å². The van der Waals surface area contributed by atoms with E-state index in [0.29, 0.717) is 13.2 Å². The van der Waals surface area contributed by atoms with Crippen LogP contribution in [0.25, 0.3) is 23.3 Å². The fourth-order valence-corrected chi connectivity index (χ4v) is 27.9. The van der Waals surface area contributed by atoms with Gasteiger partial charge in [0.15, 0.2) is 0 Å². The van der Waals surface area contributed by atoms with Crippen molar-refractivity contribution < 1.29 is 19.4 Å². The molecule has 0 N–H and O–H groups in total. The van der Waals surface area contributed by atoms with Gasteiger partial charge >= 0.3 is 201 Å². The smallest absolute Gasteiger partial charge is 0.147 e. The van der Waals surface area contributed by atoms with Crippen LogP contribution in [0.4, 0.5) is 0 Å². The van der Waals surface area contributed by atoms with Crippen molar-refractivity contribution in [1.29, 1.82) is 0 Å². The fourth-order valence-electron chi connectivity index (χ4n) is 6.64. The molecule has 0 saturated heterocycles. The molecule has 0 heterocycles. The molecule has 2 aliphatic carbocycles. The first-order valence-electron chi connectivity index (χ1n) is 13.0. The molecule has 2 aliphatic rings. The summed E-state index contributed by atoms with van der Waals surface area (Å²) in [5.41, 5.74) is 13.8. The Morgan fingerprint density at radius 2 is 1.19 bits per heavy atom. The van der Waals surface area contributed by atoms with Gasteiger partial charge in [0.1, 0.15) is 0 Å². The second kappa shape index (κ2) is 12.6. The van der Waals surface area contributed by atoms with Crippen molar-refractivity contribution in [3.05, 3.63) is 106 Å². The van der Waals surface area contributed by atoms with Crippen LogP contribution in [0.1, 0.15) is 82.5 Å². The van der Waals surface area contributed by atoms with Gasteiger partial charge in [-0.05, 0) is 0 Å². The SMILES string of the molecule is CC.CC1=Cc2c(-c3ccccc3)cccc2[CH]1[Zr]([CH3])([SiH3])[CH]1C(C)=Cc2c(C(C)C)cccc21.Cl.Cl. The molecule has 0 aromatic heterocycles. The molecule has 3 atom stereocenters. The van der Waals surface area contributed by atoms with Gasteiger partial charge in [0.25, 0.3) is 0 Å². The Hall–Kier alpha value is -1.18. The van der Waals surface area contributed by atoms with E-state index in [9.17, 15) is 0 Å². The zero-order valence-electron chi connectivity index (χ0n) is 23.1. The van der Waals surface area contributed by atoms with E-state index in [4.69, 9.17) is 0 Å². The summed E-state index contributed by atoms with van der Waals surface area (Å²) in [5, 5.41) is 0. The molecule has 4 heteroatoms. The maximum absolute atomic E-state index is 2.76. The van der Waals surface area contributed by atoms with Crippen molar-refractivity contribution in [1.82, 2.24) is 0 Å². The third-order valence-electron chi connectivity index (χ3n) is 7.78. The molecule has 36 heavy (non-hydrogen) atoms. The van der Waals surface area contributed by atoms with Crippen molar-refractivity contribution in [3.63, 3.8) is 0 Å². The number of halogens is 2. The number of hydrogen-bond acceptors (Lipinski definition) is 0. The number of benzene rings is 3. The molecule has 3 aromatic carbocycles. The summed E-state index contributed by atoms with van der Waals surface area (Å²) in [6, 6.07) is 25.1. The largest absolute Gasteiger partial charge is 0.147 e. The van der Waals surface area contributed by atoms with Gasteiger partial charge in [-0.2, -0.15) is 0 Å². The molecule has 0 nitrogen and oxygen atoms in total. The van der Waals surface area contributed by atoms with Crippen molar-refractivity contribution >= 4 is 44.3 Å². The van der Waals surface area contributed by atoms with Crippen LogP contribution in [0.5, 0.6) is 0 Å². The van der Waals surface area contributed by atoms with Crippen LogP contribution in [0, 0.1) is 0 Å². The molecule has 0 aliphatic heterocycles. The molecule has 0 radical (unpaired) electrons. The predicted octanol–water partition coefficient (Wildman–Crippen LogP) is 9.45. The Bertz CT molecular complexity index is 1260. The van der Waals surface area contributed by atoms with Gasteiger partial charge in [-0.25, -0.2) is 0 Å². The average Bonchev–Trinajstić information content (AvgIpc) is 3.36. The van der Waals surface area contributed by atoms with Crippen LogP contribution in [-0.2, 0) is 19.4 Å². The fraction of sp³-hybridized carbons (Fsp3) is 0.312. The van der Waals surface area contributed by atoms with Gasteiger partial charge in [-0.15, -0.1) is 24.8 Å². The van der Waals surface area contributed by atoms with Gasteiger partial charge < -0.3 is 0 Å². The quantitative estimate of drug-likeness (QED) is 0.256. The van der Waals surface area contributed by atoms with E-state index in [1.54, 1.807) is 27.8 Å². The monoisotopic (exact) mass is 614 g/mol. The first-order chi connectivity index (χ1) is 16.3. The zero-order chi connectivity index (χ0) is 24.6. The normalized spacial score (nSPS) is 19.0. The molecular formula is C32H42Cl2SiZr. The summed E-state index contributed by atoms with van der Waals surface area (Å²) in [6.45, 7) is 13.5. The molecule has 0 amide bonds. The van der Waals surface area contributed by atoms with Crippen molar-refractivity contribution in [2.24, 2.45) is 0 Å². The summed E-state index contributed by atoms with van der Waals surface area (Å²) in [7, 11) is 1.34. The van der Waals surface area contributed by atoms with Crippen molar-refractivity contribution in [2.75, 3.05) is 0 Å². The standard InChI is InChI=1S/C16H13.C13H15.C2H6.CH3.2ClH.H3Si.Zr/c1-12-10-14-8-5-9-15(16(14)11-12)13-6-3-2-4-7-13;1-9(2)12-6-4-5-11-7-10(3)8-13(11)12;1-2;;;;;/h2-11H,1H3;4-9H,1-3H3;1-2H3;1H3;2*1H;1H3;. The number of rotatable bonds is 4. The van der Waals surface area contributed by atoms with Crippen LogP contribution in [0.2, 0.25) is 4.63 Å². The summed E-state index contributed by atoms with van der Waals surface area (Å²) >= 11 is -2.60. The van der Waals surface area contributed by atoms with E-state index >= 15 is 0 Å².